The van der Waals surface area contributed by atoms with Crippen molar-refractivity contribution in [2.45, 2.75) is 38.9 Å². The number of rotatable bonds is 6. The quantitative estimate of drug-likeness (QED) is 0.809. The van der Waals surface area contributed by atoms with Crippen LogP contribution in [0.3, 0.4) is 0 Å². The van der Waals surface area contributed by atoms with Crippen LogP contribution >= 0.6 is 0 Å². The lowest BCUT2D eigenvalue weighted by Crippen LogP contribution is -2.33. The molecule has 0 aromatic carbocycles. The summed E-state index contributed by atoms with van der Waals surface area (Å²) >= 11 is 0. The fraction of sp³-hybridized carbons (Fsp3) is 0.727. The van der Waals surface area contributed by atoms with Crippen molar-refractivity contribution in [1.82, 2.24) is 9.78 Å². The van der Waals surface area contributed by atoms with Crippen molar-refractivity contribution in [3.05, 3.63) is 11.9 Å². The average Bonchev–Trinajstić information content (AvgIpc) is 2.72. The van der Waals surface area contributed by atoms with E-state index in [1.807, 2.05) is 13.8 Å². The molecule has 92 valence electrons. The van der Waals surface area contributed by atoms with Crippen LogP contribution < -0.4 is 10.5 Å². The van der Waals surface area contributed by atoms with Gasteiger partial charge in [0.2, 0.25) is 0 Å². The van der Waals surface area contributed by atoms with Crippen molar-refractivity contribution in [2.75, 3.05) is 13.7 Å². The van der Waals surface area contributed by atoms with Gasteiger partial charge in [-0.25, -0.2) is 4.39 Å². The van der Waals surface area contributed by atoms with Crippen molar-refractivity contribution in [2.24, 2.45) is 5.73 Å². The lowest BCUT2D eigenvalue weighted by Gasteiger charge is -2.24. The van der Waals surface area contributed by atoms with Gasteiger partial charge in [-0.05, 0) is 13.3 Å². The lowest BCUT2D eigenvalue weighted by atomic mass is 9.95. The summed E-state index contributed by atoms with van der Waals surface area (Å²) in [6.45, 7) is 4.40. The van der Waals surface area contributed by atoms with E-state index in [-0.39, 0.29) is 6.54 Å². The molecule has 1 aromatic rings. The van der Waals surface area contributed by atoms with Crippen LogP contribution in [0.2, 0.25) is 0 Å². The van der Waals surface area contributed by atoms with E-state index >= 15 is 0 Å². The van der Waals surface area contributed by atoms with Crippen LogP contribution in [-0.4, -0.2) is 23.4 Å². The van der Waals surface area contributed by atoms with E-state index in [0.717, 1.165) is 6.42 Å². The number of aromatic nitrogens is 2. The number of alkyl halides is 1. The minimum atomic E-state index is -1.55. The predicted molar refractivity (Wildman–Crippen MR) is 61.2 cm³/mol. The summed E-state index contributed by atoms with van der Waals surface area (Å²) < 4.78 is 21.5. The molecule has 0 saturated heterocycles. The first kappa shape index (κ1) is 13.0. The van der Waals surface area contributed by atoms with E-state index in [0.29, 0.717) is 24.4 Å². The Morgan fingerprint density at radius 3 is 2.69 bits per heavy atom. The topological polar surface area (TPSA) is 53.1 Å². The second kappa shape index (κ2) is 5.30. The maximum atomic E-state index is 14.7. The van der Waals surface area contributed by atoms with Gasteiger partial charge in [0.05, 0.1) is 13.3 Å². The third-order valence-electron chi connectivity index (χ3n) is 2.72. The predicted octanol–water partition coefficient (Wildman–Crippen LogP) is 1.84. The summed E-state index contributed by atoms with van der Waals surface area (Å²) in [4.78, 5) is 0. The highest BCUT2D eigenvalue weighted by Gasteiger charge is 2.36. The van der Waals surface area contributed by atoms with Gasteiger partial charge in [0, 0.05) is 13.1 Å². The van der Waals surface area contributed by atoms with Crippen LogP contribution in [0.25, 0.3) is 0 Å². The number of nitrogens with two attached hydrogens (primary N) is 1. The molecule has 0 radical (unpaired) electrons. The van der Waals surface area contributed by atoms with Crippen LogP contribution in [0, 0.1) is 0 Å². The number of hydrogen-bond donors (Lipinski definition) is 1. The highest BCUT2D eigenvalue weighted by molar-refractivity contribution is 5.31. The second-order valence-electron chi connectivity index (χ2n) is 3.80. The first-order valence-corrected chi connectivity index (χ1v) is 5.62. The second-order valence-corrected chi connectivity index (χ2v) is 3.80. The molecule has 0 aliphatic heterocycles. The monoisotopic (exact) mass is 229 g/mol. The Kier molecular flexibility index (Phi) is 4.29. The van der Waals surface area contributed by atoms with E-state index in [4.69, 9.17) is 10.5 Å². The molecule has 16 heavy (non-hydrogen) atoms. The maximum Gasteiger partial charge on any atom is 0.168 e. The Morgan fingerprint density at radius 1 is 1.56 bits per heavy atom. The Balaban J connectivity index is 3.20. The Morgan fingerprint density at radius 2 is 2.25 bits per heavy atom. The van der Waals surface area contributed by atoms with Gasteiger partial charge >= 0.3 is 0 Å². The van der Waals surface area contributed by atoms with Gasteiger partial charge in [-0.15, -0.1) is 0 Å². The molecule has 4 nitrogen and oxygen atoms in total. The van der Waals surface area contributed by atoms with E-state index in [1.165, 1.54) is 7.11 Å². The highest BCUT2D eigenvalue weighted by atomic mass is 19.1. The smallest absolute Gasteiger partial charge is 0.168 e. The van der Waals surface area contributed by atoms with Crippen molar-refractivity contribution < 1.29 is 9.13 Å². The van der Waals surface area contributed by atoms with E-state index in [2.05, 4.69) is 5.10 Å². The zero-order valence-corrected chi connectivity index (χ0v) is 10.2. The lowest BCUT2D eigenvalue weighted by molar-refractivity contribution is 0.140. The van der Waals surface area contributed by atoms with Crippen molar-refractivity contribution in [3.63, 3.8) is 0 Å². The summed E-state index contributed by atoms with van der Waals surface area (Å²) in [6.07, 6.45) is 2.65. The minimum Gasteiger partial charge on any atom is -0.493 e. The Bertz CT molecular complexity index is 318. The van der Waals surface area contributed by atoms with Gasteiger partial charge in [0.15, 0.2) is 11.4 Å². The maximum absolute atomic E-state index is 14.7. The van der Waals surface area contributed by atoms with Gasteiger partial charge in [-0.2, -0.15) is 5.10 Å². The van der Waals surface area contributed by atoms with Gasteiger partial charge < -0.3 is 10.5 Å². The van der Waals surface area contributed by atoms with E-state index in [1.54, 1.807) is 10.9 Å². The number of nitrogens with zero attached hydrogens (tertiary/aromatic N) is 2. The molecule has 2 N–H and O–H groups in total. The number of hydrogen-bond acceptors (Lipinski definition) is 3. The molecule has 1 rings (SSSR count). The largest absolute Gasteiger partial charge is 0.493 e. The first-order valence-electron chi connectivity index (χ1n) is 5.62. The third-order valence-corrected chi connectivity index (χ3v) is 2.72. The minimum absolute atomic E-state index is 0.0527. The fourth-order valence-corrected chi connectivity index (χ4v) is 1.92. The summed E-state index contributed by atoms with van der Waals surface area (Å²) in [5.41, 5.74) is 4.47. The zero-order chi connectivity index (χ0) is 12.2. The Hall–Kier alpha value is -1.10. The van der Waals surface area contributed by atoms with Gasteiger partial charge in [-0.1, -0.05) is 13.3 Å². The first-order chi connectivity index (χ1) is 7.62. The Labute approximate surface area is 95.6 Å². The SMILES string of the molecule is CCCC(F)(CN)c1c(OC)cnn1CC. The number of halogens is 1. The normalized spacial score (nSPS) is 14.8. The molecule has 1 unspecified atom stereocenters. The van der Waals surface area contributed by atoms with Gasteiger partial charge in [0.25, 0.3) is 0 Å². The molecular formula is C11H20FN3O. The van der Waals surface area contributed by atoms with Crippen molar-refractivity contribution in [3.8, 4) is 5.75 Å². The molecule has 1 heterocycles. The molecule has 0 aliphatic rings. The van der Waals surface area contributed by atoms with Crippen LogP contribution in [0.15, 0.2) is 6.20 Å². The number of methoxy groups -OCH3 is 1. The highest BCUT2D eigenvalue weighted by Crippen LogP contribution is 2.36. The van der Waals surface area contributed by atoms with Crippen LogP contribution in [0.5, 0.6) is 5.75 Å². The van der Waals surface area contributed by atoms with Crippen LogP contribution in [-0.2, 0) is 12.2 Å². The molecule has 0 spiro atoms. The fourth-order valence-electron chi connectivity index (χ4n) is 1.92. The number of aryl methyl sites for hydroxylation is 1. The van der Waals surface area contributed by atoms with E-state index in [9.17, 15) is 4.39 Å². The van der Waals surface area contributed by atoms with Crippen molar-refractivity contribution >= 4 is 0 Å². The average molecular weight is 229 g/mol. The molecule has 5 heteroatoms. The molecule has 0 bridgehead atoms. The van der Waals surface area contributed by atoms with Crippen molar-refractivity contribution in [1.29, 1.82) is 0 Å². The standard InChI is InChI=1S/C11H20FN3O/c1-4-6-11(12,8-13)10-9(16-3)7-14-15(10)5-2/h7H,4-6,8,13H2,1-3H3. The molecule has 0 aliphatic carbocycles. The third kappa shape index (κ3) is 2.19. The van der Waals surface area contributed by atoms with Crippen LogP contribution in [0.1, 0.15) is 32.4 Å². The van der Waals surface area contributed by atoms with E-state index < -0.39 is 5.67 Å². The molecule has 1 aromatic heterocycles. The number of ether oxygens (including phenoxy) is 1. The molecular weight excluding hydrogens is 209 g/mol. The molecule has 0 fully saturated rings. The zero-order valence-electron chi connectivity index (χ0n) is 10.2. The molecule has 1 atom stereocenters. The molecule has 0 saturated carbocycles. The summed E-state index contributed by atoms with van der Waals surface area (Å²) in [7, 11) is 1.52. The summed E-state index contributed by atoms with van der Waals surface area (Å²) in [5.74, 6) is 0.475. The van der Waals surface area contributed by atoms with Gasteiger partial charge in [-0.3, -0.25) is 4.68 Å². The summed E-state index contributed by atoms with van der Waals surface area (Å²) in [6, 6.07) is 0. The van der Waals surface area contributed by atoms with Crippen LogP contribution in [0.4, 0.5) is 4.39 Å². The van der Waals surface area contributed by atoms with Gasteiger partial charge in [0.1, 0.15) is 5.69 Å². The molecule has 0 amide bonds. The summed E-state index contributed by atoms with van der Waals surface area (Å²) in [5, 5.41) is 4.10.